The molecule has 0 saturated carbocycles. The maximum Gasteiger partial charge on any atom is 0.312 e. The molecule has 0 aliphatic carbocycles. The Balaban J connectivity index is 3.21. The Morgan fingerprint density at radius 1 is 1.50 bits per heavy atom. The molecule has 0 fully saturated rings. The van der Waals surface area contributed by atoms with Gasteiger partial charge in [-0.15, -0.1) is 0 Å². The molecule has 112 valence electrons. The average Bonchev–Trinajstić information content (AvgIpc) is 2.31. The fourth-order valence-corrected chi connectivity index (χ4v) is 2.75. The molecule has 0 heterocycles. The Hall–Kier alpha value is -0.940. The van der Waals surface area contributed by atoms with Crippen LogP contribution >= 0.6 is 15.9 Å². The molecule has 0 aromatic heterocycles. The normalized spacial score (nSPS) is 15.8. The molecule has 2 unspecified atom stereocenters. The Labute approximate surface area is 127 Å². The van der Waals surface area contributed by atoms with Gasteiger partial charge in [-0.2, -0.15) is 0 Å². The van der Waals surface area contributed by atoms with E-state index in [4.69, 9.17) is 4.74 Å². The quantitative estimate of drug-likeness (QED) is 0.828. The lowest BCUT2D eigenvalue weighted by atomic mass is 9.76. The first-order chi connectivity index (χ1) is 9.21. The second-order valence-electron chi connectivity index (χ2n) is 5.25. The summed E-state index contributed by atoms with van der Waals surface area (Å²) in [5.74, 6) is -1.71. The summed E-state index contributed by atoms with van der Waals surface area (Å²) < 4.78 is 18.6. The minimum Gasteiger partial charge on any atom is -0.466 e. The zero-order valence-electron chi connectivity index (χ0n) is 12.1. The number of carbonyl (C=O) groups is 1. The molecule has 2 atom stereocenters. The Morgan fingerprint density at radius 3 is 2.55 bits per heavy atom. The van der Waals surface area contributed by atoms with Crippen molar-refractivity contribution in [2.45, 2.75) is 33.3 Å². The summed E-state index contributed by atoms with van der Waals surface area (Å²) in [5.41, 5.74) is -0.964. The van der Waals surface area contributed by atoms with Gasteiger partial charge in [-0.25, -0.2) is 4.39 Å². The minimum absolute atomic E-state index is 0.118. The topological polar surface area (TPSA) is 46.5 Å². The minimum atomic E-state index is -1.43. The van der Waals surface area contributed by atoms with Gasteiger partial charge < -0.3 is 9.84 Å². The number of hydrogen-bond donors (Lipinski definition) is 1. The third kappa shape index (κ3) is 3.58. The van der Waals surface area contributed by atoms with Crippen molar-refractivity contribution in [2.24, 2.45) is 11.8 Å². The zero-order valence-corrected chi connectivity index (χ0v) is 13.7. The number of esters is 1. The van der Waals surface area contributed by atoms with Gasteiger partial charge in [0.2, 0.25) is 0 Å². The second kappa shape index (κ2) is 6.68. The molecule has 5 heteroatoms. The first-order valence-electron chi connectivity index (χ1n) is 6.56. The van der Waals surface area contributed by atoms with Gasteiger partial charge in [-0.3, -0.25) is 4.79 Å². The van der Waals surface area contributed by atoms with E-state index in [2.05, 4.69) is 15.9 Å². The molecule has 0 spiro atoms. The lowest BCUT2D eigenvalue weighted by Gasteiger charge is -2.34. The highest BCUT2D eigenvalue weighted by Gasteiger charge is 2.42. The fourth-order valence-electron chi connectivity index (χ4n) is 2.37. The fraction of sp³-hybridized carbons (Fsp3) is 0.533. The van der Waals surface area contributed by atoms with E-state index in [1.807, 2.05) is 13.8 Å². The molecular weight excluding hydrogens is 327 g/mol. The summed E-state index contributed by atoms with van der Waals surface area (Å²) in [6.07, 6.45) is 0. The molecule has 20 heavy (non-hydrogen) atoms. The van der Waals surface area contributed by atoms with Crippen LogP contribution in [0, 0.1) is 17.7 Å². The summed E-state index contributed by atoms with van der Waals surface area (Å²) in [4.78, 5) is 12.1. The Morgan fingerprint density at radius 2 is 2.10 bits per heavy atom. The van der Waals surface area contributed by atoms with Crippen molar-refractivity contribution < 1.29 is 19.0 Å². The number of halogens is 2. The maximum absolute atomic E-state index is 13.3. The zero-order chi connectivity index (χ0) is 15.5. The van der Waals surface area contributed by atoms with Crippen molar-refractivity contribution in [1.82, 2.24) is 0 Å². The molecule has 1 aromatic rings. The van der Waals surface area contributed by atoms with Gasteiger partial charge >= 0.3 is 5.97 Å². The van der Waals surface area contributed by atoms with E-state index >= 15 is 0 Å². The predicted octanol–water partition coefficient (Wildman–Crippen LogP) is 3.63. The molecule has 1 rings (SSSR count). The van der Waals surface area contributed by atoms with Crippen LogP contribution < -0.4 is 0 Å². The molecule has 0 radical (unpaired) electrons. The van der Waals surface area contributed by atoms with Crippen LogP contribution in [0.3, 0.4) is 0 Å². The van der Waals surface area contributed by atoms with Crippen LogP contribution in [0.25, 0.3) is 0 Å². The summed E-state index contributed by atoms with van der Waals surface area (Å²) in [6.45, 7) is 7.21. The Kier molecular flexibility index (Phi) is 5.71. The highest BCUT2D eigenvalue weighted by Crippen LogP contribution is 2.36. The highest BCUT2D eigenvalue weighted by atomic mass is 79.9. The van der Waals surface area contributed by atoms with E-state index in [1.54, 1.807) is 13.8 Å². The van der Waals surface area contributed by atoms with Gasteiger partial charge in [0, 0.05) is 0 Å². The van der Waals surface area contributed by atoms with Gasteiger partial charge in [0.15, 0.2) is 0 Å². The SMILES string of the molecule is CCOC(=O)C(C(C)C)C(C)(O)c1ccc(F)c(Br)c1. The standard InChI is InChI=1S/C15H20BrFO3/c1-5-20-14(18)13(9(2)3)15(4,19)10-6-7-12(17)11(16)8-10/h6-9,13,19H,5H2,1-4H3. The van der Waals surface area contributed by atoms with Crippen LogP contribution in [0.4, 0.5) is 4.39 Å². The molecular formula is C15H20BrFO3. The number of rotatable bonds is 5. The molecule has 3 nitrogen and oxygen atoms in total. The van der Waals surface area contributed by atoms with Gasteiger partial charge in [-0.05, 0) is 53.4 Å². The molecule has 0 aliphatic heterocycles. The summed E-state index contributed by atoms with van der Waals surface area (Å²) in [5, 5.41) is 10.8. The van der Waals surface area contributed by atoms with E-state index in [0.717, 1.165) is 0 Å². The highest BCUT2D eigenvalue weighted by molar-refractivity contribution is 9.10. The summed E-state index contributed by atoms with van der Waals surface area (Å²) in [6, 6.07) is 4.23. The first-order valence-corrected chi connectivity index (χ1v) is 7.35. The third-order valence-corrected chi connectivity index (χ3v) is 3.92. The smallest absolute Gasteiger partial charge is 0.312 e. The number of carbonyl (C=O) groups excluding carboxylic acids is 1. The lowest BCUT2D eigenvalue weighted by molar-refractivity contribution is -0.161. The van der Waals surface area contributed by atoms with E-state index in [9.17, 15) is 14.3 Å². The van der Waals surface area contributed by atoms with E-state index in [0.29, 0.717) is 5.56 Å². The van der Waals surface area contributed by atoms with Crippen LogP contribution in [-0.4, -0.2) is 17.7 Å². The predicted molar refractivity (Wildman–Crippen MR) is 78.6 cm³/mol. The van der Waals surface area contributed by atoms with Crippen LogP contribution in [0.2, 0.25) is 0 Å². The molecule has 0 bridgehead atoms. The summed E-state index contributed by atoms with van der Waals surface area (Å²) >= 11 is 3.09. The molecule has 0 amide bonds. The van der Waals surface area contributed by atoms with Crippen LogP contribution in [0.15, 0.2) is 22.7 Å². The van der Waals surface area contributed by atoms with Gasteiger partial charge in [0.25, 0.3) is 0 Å². The van der Waals surface area contributed by atoms with Gasteiger partial charge in [0.1, 0.15) is 11.4 Å². The average molecular weight is 347 g/mol. The van der Waals surface area contributed by atoms with E-state index in [1.165, 1.54) is 18.2 Å². The van der Waals surface area contributed by atoms with Crippen molar-refractivity contribution >= 4 is 21.9 Å². The van der Waals surface area contributed by atoms with Gasteiger partial charge in [-0.1, -0.05) is 19.9 Å². The van der Waals surface area contributed by atoms with Crippen molar-refractivity contribution in [3.8, 4) is 0 Å². The number of benzene rings is 1. The van der Waals surface area contributed by atoms with Crippen molar-refractivity contribution in [3.05, 3.63) is 34.1 Å². The second-order valence-corrected chi connectivity index (χ2v) is 6.10. The molecule has 1 aromatic carbocycles. The van der Waals surface area contributed by atoms with Crippen molar-refractivity contribution in [1.29, 1.82) is 0 Å². The number of hydrogen-bond acceptors (Lipinski definition) is 3. The van der Waals surface area contributed by atoms with Crippen molar-refractivity contribution in [3.63, 3.8) is 0 Å². The molecule has 1 N–H and O–H groups in total. The monoisotopic (exact) mass is 346 g/mol. The Bertz CT molecular complexity index is 486. The maximum atomic E-state index is 13.3. The lowest BCUT2D eigenvalue weighted by Crippen LogP contribution is -2.41. The van der Waals surface area contributed by atoms with Crippen LogP contribution in [0.5, 0.6) is 0 Å². The molecule has 0 saturated heterocycles. The van der Waals surface area contributed by atoms with E-state index < -0.39 is 23.3 Å². The van der Waals surface area contributed by atoms with Crippen LogP contribution in [0.1, 0.15) is 33.3 Å². The van der Waals surface area contributed by atoms with E-state index in [-0.39, 0.29) is 17.0 Å². The van der Waals surface area contributed by atoms with Crippen LogP contribution in [-0.2, 0) is 15.1 Å². The molecule has 0 aliphatic rings. The summed E-state index contributed by atoms with van der Waals surface area (Å²) in [7, 11) is 0. The first kappa shape index (κ1) is 17.1. The number of ether oxygens (including phenoxy) is 1. The third-order valence-electron chi connectivity index (χ3n) is 3.32. The van der Waals surface area contributed by atoms with Crippen molar-refractivity contribution in [2.75, 3.05) is 6.61 Å². The van der Waals surface area contributed by atoms with Gasteiger partial charge in [0.05, 0.1) is 17.0 Å². The number of aliphatic hydroxyl groups is 1. The largest absolute Gasteiger partial charge is 0.466 e.